The van der Waals surface area contributed by atoms with Crippen molar-refractivity contribution in [3.05, 3.63) is 47.2 Å². The second kappa shape index (κ2) is 8.10. The number of piperazine rings is 1. The minimum atomic E-state index is 0.184. The molecule has 0 aliphatic carbocycles. The molecule has 6 nitrogen and oxygen atoms in total. The van der Waals surface area contributed by atoms with E-state index in [1.165, 1.54) is 0 Å². The van der Waals surface area contributed by atoms with Crippen LogP contribution in [0, 0.1) is 0 Å². The van der Waals surface area contributed by atoms with Crippen LogP contribution in [0.25, 0.3) is 0 Å². The number of anilines is 2. The molecular formula is C17H20BrN5O. The molecule has 24 heavy (non-hydrogen) atoms. The second-order valence-electron chi connectivity index (χ2n) is 5.57. The van der Waals surface area contributed by atoms with E-state index in [-0.39, 0.29) is 5.91 Å². The van der Waals surface area contributed by atoms with E-state index in [1.807, 2.05) is 29.2 Å². The molecule has 1 N–H and O–H groups in total. The summed E-state index contributed by atoms with van der Waals surface area (Å²) in [6, 6.07) is 9.72. The van der Waals surface area contributed by atoms with Crippen molar-refractivity contribution >= 4 is 33.5 Å². The fraction of sp³-hybridized carbons (Fsp3) is 0.353. The lowest BCUT2D eigenvalue weighted by atomic mass is 10.2. The molecule has 0 unspecified atom stereocenters. The Balaban J connectivity index is 1.43. The third-order valence-electron chi connectivity index (χ3n) is 4.00. The van der Waals surface area contributed by atoms with E-state index < -0.39 is 0 Å². The maximum Gasteiger partial charge on any atom is 0.225 e. The molecule has 2 heterocycles. The lowest BCUT2D eigenvalue weighted by Gasteiger charge is -2.34. The maximum atomic E-state index is 12.3. The minimum Gasteiger partial charge on any atom is -0.384 e. The van der Waals surface area contributed by atoms with Crippen LogP contribution in [-0.2, 0) is 4.79 Å². The Labute approximate surface area is 150 Å². The van der Waals surface area contributed by atoms with E-state index >= 15 is 0 Å². The van der Waals surface area contributed by atoms with E-state index in [4.69, 9.17) is 0 Å². The number of carbonyl (C=O) groups is 1. The summed E-state index contributed by atoms with van der Waals surface area (Å²) >= 11 is 3.49. The van der Waals surface area contributed by atoms with Crippen LogP contribution >= 0.6 is 15.9 Å². The fourth-order valence-corrected chi connectivity index (χ4v) is 3.10. The van der Waals surface area contributed by atoms with E-state index in [1.54, 1.807) is 18.5 Å². The number of aromatic nitrogens is 2. The van der Waals surface area contributed by atoms with Gasteiger partial charge >= 0.3 is 0 Å². The molecule has 1 fully saturated rings. The highest BCUT2D eigenvalue weighted by Crippen LogP contribution is 2.21. The second-order valence-corrected chi connectivity index (χ2v) is 6.43. The summed E-state index contributed by atoms with van der Waals surface area (Å²) in [6.07, 6.45) is 3.98. The Morgan fingerprint density at radius 3 is 2.50 bits per heavy atom. The van der Waals surface area contributed by atoms with Crippen LogP contribution in [0.3, 0.4) is 0 Å². The molecule has 1 amide bonds. The number of nitrogens with one attached hydrogen (secondary N) is 1. The van der Waals surface area contributed by atoms with Crippen molar-refractivity contribution in [3.8, 4) is 0 Å². The molecule has 126 valence electrons. The number of nitrogens with zero attached hydrogens (tertiary/aromatic N) is 4. The maximum absolute atomic E-state index is 12.3. The van der Waals surface area contributed by atoms with Gasteiger partial charge in [0, 0.05) is 61.7 Å². The third kappa shape index (κ3) is 4.23. The Morgan fingerprint density at radius 2 is 1.79 bits per heavy atom. The van der Waals surface area contributed by atoms with E-state index in [0.717, 1.165) is 29.2 Å². The van der Waals surface area contributed by atoms with Crippen LogP contribution in [0.2, 0.25) is 0 Å². The molecule has 0 radical (unpaired) electrons. The summed E-state index contributed by atoms with van der Waals surface area (Å²) in [5, 5.41) is 3.29. The van der Waals surface area contributed by atoms with Gasteiger partial charge in [0.15, 0.2) is 0 Å². The fourth-order valence-electron chi connectivity index (χ4n) is 2.68. The molecule has 7 heteroatoms. The van der Waals surface area contributed by atoms with Crippen molar-refractivity contribution in [3.63, 3.8) is 0 Å². The first-order chi connectivity index (χ1) is 11.7. The summed E-state index contributed by atoms with van der Waals surface area (Å²) in [5.41, 5.74) is 1.01. The van der Waals surface area contributed by atoms with Crippen LogP contribution in [0.4, 0.5) is 11.6 Å². The van der Waals surface area contributed by atoms with Gasteiger partial charge in [-0.25, -0.2) is 9.97 Å². The molecule has 0 saturated carbocycles. The zero-order chi connectivity index (χ0) is 16.8. The van der Waals surface area contributed by atoms with Crippen molar-refractivity contribution < 1.29 is 4.79 Å². The van der Waals surface area contributed by atoms with Crippen molar-refractivity contribution in [2.75, 3.05) is 42.9 Å². The van der Waals surface area contributed by atoms with Gasteiger partial charge in [-0.05, 0) is 34.1 Å². The Hall–Kier alpha value is -2.15. The third-order valence-corrected chi connectivity index (χ3v) is 4.69. The SMILES string of the molecule is O=C(CCNc1ccccc1Br)N1CCN(c2ncccn2)CC1. The topological polar surface area (TPSA) is 61.4 Å². The standard InChI is InChI=1S/C17H20BrN5O/c18-14-4-1-2-5-15(14)19-9-6-16(24)22-10-12-23(13-11-22)17-20-7-3-8-21-17/h1-5,7-8,19H,6,9-13H2. The summed E-state index contributed by atoms with van der Waals surface area (Å²) in [6.45, 7) is 3.60. The number of hydrogen-bond donors (Lipinski definition) is 1. The van der Waals surface area contributed by atoms with Crippen LogP contribution < -0.4 is 10.2 Å². The summed E-state index contributed by atoms with van der Waals surface area (Å²) in [5.74, 6) is 0.920. The number of carbonyl (C=O) groups excluding carboxylic acids is 1. The highest BCUT2D eigenvalue weighted by atomic mass is 79.9. The molecule has 0 atom stereocenters. The van der Waals surface area contributed by atoms with Crippen LogP contribution in [0.5, 0.6) is 0 Å². The van der Waals surface area contributed by atoms with Gasteiger partial charge in [-0.15, -0.1) is 0 Å². The van der Waals surface area contributed by atoms with Gasteiger partial charge < -0.3 is 15.1 Å². The molecule has 0 spiro atoms. The van der Waals surface area contributed by atoms with Crippen molar-refractivity contribution in [2.24, 2.45) is 0 Å². The van der Waals surface area contributed by atoms with Crippen LogP contribution in [0.15, 0.2) is 47.2 Å². The van der Waals surface area contributed by atoms with Crippen LogP contribution in [-0.4, -0.2) is 53.5 Å². The first kappa shape index (κ1) is 16.7. The predicted molar refractivity (Wildman–Crippen MR) is 98.1 cm³/mol. The van der Waals surface area contributed by atoms with Gasteiger partial charge in [0.25, 0.3) is 0 Å². The van der Waals surface area contributed by atoms with E-state index in [9.17, 15) is 4.79 Å². The number of benzene rings is 1. The number of amides is 1. The average Bonchev–Trinajstić information content (AvgIpc) is 2.64. The van der Waals surface area contributed by atoms with Gasteiger partial charge in [-0.3, -0.25) is 4.79 Å². The minimum absolute atomic E-state index is 0.184. The molecule has 1 aromatic carbocycles. The average molecular weight is 390 g/mol. The van der Waals surface area contributed by atoms with Gasteiger partial charge in [-0.2, -0.15) is 0 Å². The molecule has 3 rings (SSSR count). The number of para-hydroxylation sites is 1. The molecule has 0 bridgehead atoms. The van der Waals surface area contributed by atoms with E-state index in [2.05, 4.69) is 36.1 Å². The molecule has 2 aromatic rings. The first-order valence-corrected chi connectivity index (χ1v) is 8.81. The largest absolute Gasteiger partial charge is 0.384 e. The zero-order valence-corrected chi connectivity index (χ0v) is 14.9. The Bertz CT molecular complexity index is 674. The normalized spacial score (nSPS) is 14.5. The van der Waals surface area contributed by atoms with Gasteiger partial charge in [0.05, 0.1) is 0 Å². The quantitative estimate of drug-likeness (QED) is 0.850. The number of rotatable bonds is 5. The summed E-state index contributed by atoms with van der Waals surface area (Å²) in [4.78, 5) is 24.9. The summed E-state index contributed by atoms with van der Waals surface area (Å²) in [7, 11) is 0. The molecule has 1 saturated heterocycles. The van der Waals surface area contributed by atoms with Gasteiger partial charge in [-0.1, -0.05) is 12.1 Å². The number of hydrogen-bond acceptors (Lipinski definition) is 5. The smallest absolute Gasteiger partial charge is 0.225 e. The van der Waals surface area contributed by atoms with Crippen molar-refractivity contribution in [1.29, 1.82) is 0 Å². The lowest BCUT2D eigenvalue weighted by Crippen LogP contribution is -2.49. The van der Waals surface area contributed by atoms with Crippen LogP contribution in [0.1, 0.15) is 6.42 Å². The molecule has 1 aliphatic rings. The summed E-state index contributed by atoms with van der Waals surface area (Å²) < 4.78 is 1.01. The molecule has 1 aromatic heterocycles. The number of halogens is 1. The Kier molecular flexibility index (Phi) is 5.63. The van der Waals surface area contributed by atoms with Gasteiger partial charge in [0.1, 0.15) is 0 Å². The van der Waals surface area contributed by atoms with Gasteiger partial charge in [0.2, 0.25) is 11.9 Å². The highest BCUT2D eigenvalue weighted by Gasteiger charge is 2.21. The Morgan fingerprint density at radius 1 is 1.08 bits per heavy atom. The lowest BCUT2D eigenvalue weighted by molar-refractivity contribution is -0.131. The van der Waals surface area contributed by atoms with E-state index in [0.29, 0.717) is 26.1 Å². The monoisotopic (exact) mass is 389 g/mol. The highest BCUT2D eigenvalue weighted by molar-refractivity contribution is 9.10. The predicted octanol–water partition coefficient (Wildman–Crippen LogP) is 2.39. The molecular weight excluding hydrogens is 370 g/mol. The molecule has 1 aliphatic heterocycles. The zero-order valence-electron chi connectivity index (χ0n) is 13.4. The van der Waals surface area contributed by atoms with Crippen molar-refractivity contribution in [2.45, 2.75) is 6.42 Å². The van der Waals surface area contributed by atoms with Crippen molar-refractivity contribution in [1.82, 2.24) is 14.9 Å². The first-order valence-electron chi connectivity index (χ1n) is 8.02.